The molecule has 0 unspecified atom stereocenters. The van der Waals surface area contributed by atoms with Crippen LogP contribution in [-0.4, -0.2) is 11.3 Å². The third-order valence-corrected chi connectivity index (χ3v) is 3.16. The van der Waals surface area contributed by atoms with Crippen LogP contribution in [-0.2, 0) is 0 Å². The lowest BCUT2D eigenvalue weighted by Crippen LogP contribution is -1.88. The van der Waals surface area contributed by atoms with Crippen LogP contribution in [0.5, 0.6) is 0 Å². The van der Waals surface area contributed by atoms with E-state index in [9.17, 15) is 22.4 Å². The van der Waals surface area contributed by atoms with Gasteiger partial charge in [-0.05, 0) is 24.3 Å². The molecule has 0 aliphatic rings. The van der Waals surface area contributed by atoms with Crippen molar-refractivity contribution in [1.29, 1.82) is 0 Å². The van der Waals surface area contributed by atoms with E-state index in [-0.39, 0.29) is 27.7 Å². The molecular formula is C15H7F4NO. The Morgan fingerprint density at radius 1 is 0.905 bits per heavy atom. The van der Waals surface area contributed by atoms with E-state index in [1.807, 2.05) is 0 Å². The van der Waals surface area contributed by atoms with Crippen LogP contribution >= 0.6 is 0 Å². The largest absolute Gasteiger partial charge is 0.351 e. The second-order valence-corrected chi connectivity index (χ2v) is 4.47. The van der Waals surface area contributed by atoms with Crippen molar-refractivity contribution < 1.29 is 22.4 Å². The minimum atomic E-state index is -0.860. The number of rotatable bonds is 2. The number of benzene rings is 2. The number of fused-ring (bicyclic) bond motifs is 1. The Bertz CT molecular complexity index is 849. The third-order valence-electron chi connectivity index (χ3n) is 3.16. The lowest BCUT2D eigenvalue weighted by molar-refractivity contribution is 0.112. The Morgan fingerprint density at radius 3 is 2.14 bits per heavy atom. The number of hydrogen-bond acceptors (Lipinski definition) is 1. The average molecular weight is 293 g/mol. The molecule has 3 rings (SSSR count). The molecule has 6 heteroatoms. The summed E-state index contributed by atoms with van der Waals surface area (Å²) < 4.78 is 54.1. The number of hydrogen-bond donors (Lipinski definition) is 1. The van der Waals surface area contributed by atoms with E-state index in [4.69, 9.17) is 0 Å². The van der Waals surface area contributed by atoms with Crippen LogP contribution in [0.4, 0.5) is 17.6 Å². The Labute approximate surface area is 116 Å². The van der Waals surface area contributed by atoms with Crippen LogP contribution in [0, 0.1) is 23.3 Å². The Morgan fingerprint density at radius 2 is 1.52 bits per heavy atom. The molecule has 2 aromatic carbocycles. The van der Waals surface area contributed by atoms with E-state index >= 15 is 0 Å². The van der Waals surface area contributed by atoms with Gasteiger partial charge in [0.15, 0.2) is 6.29 Å². The fourth-order valence-corrected chi connectivity index (χ4v) is 2.30. The van der Waals surface area contributed by atoms with Crippen molar-refractivity contribution in [3.63, 3.8) is 0 Å². The Kier molecular flexibility index (Phi) is 3.01. The number of carbonyl (C=O) groups is 1. The highest BCUT2D eigenvalue weighted by Gasteiger charge is 2.19. The van der Waals surface area contributed by atoms with Gasteiger partial charge in [0, 0.05) is 17.0 Å². The molecule has 0 saturated heterocycles. The Balaban J connectivity index is 2.40. The van der Waals surface area contributed by atoms with Gasteiger partial charge in [-0.2, -0.15) is 0 Å². The molecule has 0 aliphatic carbocycles. The minimum absolute atomic E-state index is 0.00963. The number of aldehydes is 1. The molecule has 1 heterocycles. The summed E-state index contributed by atoms with van der Waals surface area (Å²) in [4.78, 5) is 13.7. The number of H-pyrrole nitrogens is 1. The van der Waals surface area contributed by atoms with Crippen LogP contribution < -0.4 is 0 Å². The van der Waals surface area contributed by atoms with Crippen LogP contribution in [0.15, 0.2) is 30.3 Å². The molecule has 0 radical (unpaired) electrons. The molecule has 0 saturated carbocycles. The number of carbonyl (C=O) groups excluding carboxylic acids is 1. The zero-order valence-electron chi connectivity index (χ0n) is 10.4. The quantitative estimate of drug-likeness (QED) is 0.557. The molecule has 0 fully saturated rings. The summed E-state index contributed by atoms with van der Waals surface area (Å²) in [6.45, 7) is 0. The molecular weight excluding hydrogens is 286 g/mol. The predicted molar refractivity (Wildman–Crippen MR) is 69.0 cm³/mol. The molecule has 21 heavy (non-hydrogen) atoms. The minimum Gasteiger partial charge on any atom is -0.351 e. The van der Waals surface area contributed by atoms with Crippen molar-refractivity contribution in [1.82, 2.24) is 4.98 Å². The zero-order chi connectivity index (χ0) is 15.1. The topological polar surface area (TPSA) is 32.9 Å². The van der Waals surface area contributed by atoms with Gasteiger partial charge in [-0.25, -0.2) is 17.6 Å². The highest BCUT2D eigenvalue weighted by atomic mass is 19.1. The summed E-state index contributed by atoms with van der Waals surface area (Å²) in [5, 5.41) is -0.246. The van der Waals surface area contributed by atoms with Crippen molar-refractivity contribution >= 4 is 17.2 Å². The first kappa shape index (κ1) is 13.4. The van der Waals surface area contributed by atoms with Crippen molar-refractivity contribution in [2.75, 3.05) is 0 Å². The van der Waals surface area contributed by atoms with E-state index in [0.717, 1.165) is 24.3 Å². The number of nitrogens with one attached hydrogen (secondary N) is 1. The number of aromatic nitrogens is 1. The lowest BCUT2D eigenvalue weighted by atomic mass is 10.1. The van der Waals surface area contributed by atoms with Crippen LogP contribution in [0.2, 0.25) is 0 Å². The van der Waals surface area contributed by atoms with Gasteiger partial charge in [-0.3, -0.25) is 4.79 Å². The number of aromatic amines is 1. The molecule has 0 amide bonds. The van der Waals surface area contributed by atoms with Gasteiger partial charge in [0.05, 0.1) is 16.8 Å². The normalized spacial score (nSPS) is 11.0. The smallest absolute Gasteiger partial charge is 0.152 e. The van der Waals surface area contributed by atoms with Gasteiger partial charge in [0.25, 0.3) is 0 Å². The van der Waals surface area contributed by atoms with Gasteiger partial charge >= 0.3 is 0 Å². The maximum absolute atomic E-state index is 13.8. The van der Waals surface area contributed by atoms with E-state index in [0.29, 0.717) is 12.4 Å². The highest BCUT2D eigenvalue weighted by molar-refractivity contribution is 6.04. The fraction of sp³-hybridized carbons (Fsp3) is 0. The fourth-order valence-electron chi connectivity index (χ4n) is 2.30. The molecule has 0 aliphatic heterocycles. The van der Waals surface area contributed by atoms with Gasteiger partial charge in [0.2, 0.25) is 0 Å². The third kappa shape index (κ3) is 2.08. The monoisotopic (exact) mass is 293 g/mol. The molecule has 106 valence electrons. The highest BCUT2D eigenvalue weighted by Crippen LogP contribution is 2.32. The van der Waals surface area contributed by atoms with Crippen LogP contribution in [0.1, 0.15) is 10.4 Å². The second kappa shape index (κ2) is 4.73. The molecule has 1 N–H and O–H groups in total. The van der Waals surface area contributed by atoms with E-state index < -0.39 is 23.3 Å². The second-order valence-electron chi connectivity index (χ2n) is 4.47. The van der Waals surface area contributed by atoms with Crippen molar-refractivity contribution in [3.8, 4) is 11.3 Å². The van der Waals surface area contributed by atoms with E-state index in [1.54, 1.807) is 0 Å². The maximum Gasteiger partial charge on any atom is 0.152 e. The molecule has 1 aromatic heterocycles. The molecule has 0 atom stereocenters. The Hall–Kier alpha value is -2.63. The summed E-state index contributed by atoms with van der Waals surface area (Å²) in [6.07, 6.45) is 0.319. The van der Waals surface area contributed by atoms with Crippen molar-refractivity contribution in [2.24, 2.45) is 0 Å². The lowest BCUT2D eigenvalue weighted by Gasteiger charge is -2.01. The van der Waals surface area contributed by atoms with E-state index in [1.165, 1.54) is 0 Å². The molecule has 3 aromatic rings. The predicted octanol–water partition coefficient (Wildman–Crippen LogP) is 4.20. The van der Waals surface area contributed by atoms with Crippen molar-refractivity contribution in [3.05, 3.63) is 59.2 Å². The van der Waals surface area contributed by atoms with Crippen LogP contribution in [0.3, 0.4) is 0 Å². The zero-order valence-corrected chi connectivity index (χ0v) is 10.4. The molecule has 0 bridgehead atoms. The first-order chi connectivity index (χ1) is 10.0. The van der Waals surface area contributed by atoms with Crippen LogP contribution in [0.25, 0.3) is 22.2 Å². The summed E-state index contributed by atoms with van der Waals surface area (Å²) in [6, 6.07) is 4.38. The van der Waals surface area contributed by atoms with E-state index in [2.05, 4.69) is 4.98 Å². The molecule has 2 nitrogen and oxygen atoms in total. The van der Waals surface area contributed by atoms with Gasteiger partial charge in [-0.15, -0.1) is 0 Å². The van der Waals surface area contributed by atoms with Crippen molar-refractivity contribution in [2.45, 2.75) is 0 Å². The first-order valence-electron chi connectivity index (χ1n) is 5.92. The maximum atomic E-state index is 13.8. The summed E-state index contributed by atoms with van der Waals surface area (Å²) in [7, 11) is 0. The number of halogens is 4. The summed E-state index contributed by atoms with van der Waals surface area (Å²) in [5.74, 6) is -3.28. The van der Waals surface area contributed by atoms with Gasteiger partial charge in [0.1, 0.15) is 23.3 Å². The summed E-state index contributed by atoms with van der Waals surface area (Å²) >= 11 is 0. The van der Waals surface area contributed by atoms with Gasteiger partial charge < -0.3 is 4.98 Å². The standard InChI is InChI=1S/C15H7F4NO/c16-8-3-7(4-9(17)5-8)14-10(6-21)13-11(18)1-2-12(19)15(13)20-14/h1-6,20H. The van der Waals surface area contributed by atoms with Gasteiger partial charge in [-0.1, -0.05) is 0 Å². The first-order valence-corrected chi connectivity index (χ1v) is 5.92. The SMILES string of the molecule is O=Cc1c(-c2cc(F)cc(F)c2)[nH]c2c(F)ccc(F)c12. The molecule has 0 spiro atoms. The average Bonchev–Trinajstić information content (AvgIpc) is 2.82. The summed E-state index contributed by atoms with van der Waals surface area (Å²) in [5.41, 5.74) is -0.462.